The molecule has 2 aliphatic carbocycles. The maximum absolute atomic E-state index is 14.9. The van der Waals surface area contributed by atoms with Crippen molar-refractivity contribution in [1.82, 2.24) is 5.32 Å². The van der Waals surface area contributed by atoms with Gasteiger partial charge in [-0.15, -0.1) is 0 Å². The third kappa shape index (κ3) is 12.2. The summed E-state index contributed by atoms with van der Waals surface area (Å²) in [4.78, 5) is 28.9. The second-order valence-corrected chi connectivity index (χ2v) is 18.2. The Labute approximate surface area is 423 Å². The van der Waals surface area contributed by atoms with Gasteiger partial charge in [-0.25, -0.2) is 9.59 Å². The monoisotopic (exact) mass is 997 g/mol. The molecule has 12 heteroatoms. The minimum absolute atomic E-state index is 0.00778. The smallest absolute Gasteiger partial charge is 0.407 e. The molecular formula is C59H55Cl2F2NO7. The standard InChI is InChI=1S/C59H55Cl2F2NO7/c1-3-50(60)48(51(61)4-2)36-54(40-32-33-53(71-57(62)63)55(35-40)67-37-39-30-31-39)70-56(65)52(64-58(66)68-38-49-46-27-16-14-25-44(46)45-26-15-17-28-47(45)49)29-18-34-69-59(41-19-8-5-9-20-41,42-21-10-6-11-22-42)43-23-12-7-13-24-43/h3-17,19-28,32-33,35,39,49,52,54,57H,1,18,29-31,34,36-38H2,2H3,(H,64,66)/b50-48+,51-4+/t52-,54+/m1/s1. The molecule has 366 valence electrons. The summed E-state index contributed by atoms with van der Waals surface area (Å²) in [6.07, 6.45) is 3.30. The van der Waals surface area contributed by atoms with Gasteiger partial charge in [0.15, 0.2) is 11.5 Å². The van der Waals surface area contributed by atoms with Crippen molar-refractivity contribution in [3.63, 3.8) is 0 Å². The molecule has 71 heavy (non-hydrogen) atoms. The van der Waals surface area contributed by atoms with Gasteiger partial charge in [-0.3, -0.25) is 0 Å². The van der Waals surface area contributed by atoms with E-state index in [4.69, 9.17) is 46.9 Å². The predicted molar refractivity (Wildman–Crippen MR) is 274 cm³/mol. The first-order chi connectivity index (χ1) is 34.6. The number of carbonyl (C=O) groups is 2. The number of allylic oxidation sites excluding steroid dienone is 4. The predicted octanol–water partition coefficient (Wildman–Crippen LogP) is 14.6. The number of halogens is 4. The highest BCUT2D eigenvalue weighted by Gasteiger charge is 2.38. The Morgan fingerprint density at radius 3 is 1.86 bits per heavy atom. The number of amides is 1. The zero-order valence-corrected chi connectivity index (χ0v) is 40.8. The Kier molecular flexibility index (Phi) is 17.1. The van der Waals surface area contributed by atoms with Crippen LogP contribution in [0.1, 0.15) is 84.4 Å². The van der Waals surface area contributed by atoms with Gasteiger partial charge >= 0.3 is 18.7 Å². The number of ether oxygens (including phenoxy) is 5. The van der Waals surface area contributed by atoms with Crippen LogP contribution in [0.2, 0.25) is 0 Å². The number of alkyl carbamates (subject to hydrolysis) is 1. The molecule has 1 N–H and O–H groups in total. The number of hydrogen-bond acceptors (Lipinski definition) is 7. The lowest BCUT2D eigenvalue weighted by Crippen LogP contribution is -2.43. The molecule has 0 bridgehead atoms. The Bertz CT molecular complexity index is 2700. The van der Waals surface area contributed by atoms with Gasteiger partial charge in [0.25, 0.3) is 0 Å². The molecule has 2 atom stereocenters. The molecule has 0 aromatic heterocycles. The summed E-state index contributed by atoms with van der Waals surface area (Å²) >= 11 is 13.4. The average Bonchev–Trinajstić information content (AvgIpc) is 4.19. The number of esters is 1. The Balaban J connectivity index is 1.10. The minimum Gasteiger partial charge on any atom is -0.489 e. The quantitative estimate of drug-likeness (QED) is 0.0296. The van der Waals surface area contributed by atoms with Crippen LogP contribution in [0.4, 0.5) is 13.6 Å². The van der Waals surface area contributed by atoms with Crippen molar-refractivity contribution in [2.24, 2.45) is 5.92 Å². The molecule has 2 aliphatic rings. The first-order valence-electron chi connectivity index (χ1n) is 23.8. The molecule has 1 amide bonds. The van der Waals surface area contributed by atoms with Gasteiger partial charge in [0.05, 0.1) is 6.61 Å². The minimum atomic E-state index is -3.11. The summed E-state index contributed by atoms with van der Waals surface area (Å²) in [6, 6.07) is 48.9. The fourth-order valence-electron chi connectivity index (χ4n) is 9.08. The molecule has 0 unspecified atom stereocenters. The summed E-state index contributed by atoms with van der Waals surface area (Å²) in [5.41, 5.74) is 6.65. The van der Waals surface area contributed by atoms with Crippen LogP contribution in [-0.4, -0.2) is 44.5 Å². The molecule has 8 rings (SSSR count). The van der Waals surface area contributed by atoms with Crippen molar-refractivity contribution in [2.75, 3.05) is 19.8 Å². The van der Waals surface area contributed by atoms with Gasteiger partial charge in [-0.1, -0.05) is 188 Å². The van der Waals surface area contributed by atoms with Crippen molar-refractivity contribution in [3.8, 4) is 22.6 Å². The number of benzene rings is 6. The molecule has 8 nitrogen and oxygen atoms in total. The van der Waals surface area contributed by atoms with Crippen LogP contribution in [0, 0.1) is 5.92 Å². The largest absolute Gasteiger partial charge is 0.489 e. The van der Waals surface area contributed by atoms with Crippen LogP contribution in [0.5, 0.6) is 11.5 Å². The number of rotatable bonds is 23. The average molecular weight is 999 g/mol. The lowest BCUT2D eigenvalue weighted by molar-refractivity contribution is -0.152. The fourth-order valence-corrected chi connectivity index (χ4v) is 9.48. The molecule has 1 saturated carbocycles. The molecule has 0 aliphatic heterocycles. The molecule has 6 aromatic rings. The Morgan fingerprint density at radius 1 is 0.761 bits per heavy atom. The van der Waals surface area contributed by atoms with Crippen LogP contribution in [0.15, 0.2) is 192 Å². The summed E-state index contributed by atoms with van der Waals surface area (Å²) in [7, 11) is 0. The van der Waals surface area contributed by atoms with Gasteiger partial charge in [0.1, 0.15) is 24.4 Å². The topological polar surface area (TPSA) is 92.3 Å². The summed E-state index contributed by atoms with van der Waals surface area (Å²) in [5.74, 6) is -0.871. The van der Waals surface area contributed by atoms with Crippen molar-refractivity contribution in [3.05, 3.63) is 225 Å². The second kappa shape index (κ2) is 23.9. The van der Waals surface area contributed by atoms with Gasteiger partial charge in [0, 0.05) is 29.0 Å². The van der Waals surface area contributed by atoms with E-state index in [1.165, 1.54) is 24.3 Å². The molecule has 0 spiro atoms. The molecule has 1 fully saturated rings. The highest BCUT2D eigenvalue weighted by molar-refractivity contribution is 6.36. The van der Waals surface area contributed by atoms with E-state index in [1.807, 2.05) is 127 Å². The Hall–Kier alpha value is -6.72. The van der Waals surface area contributed by atoms with Crippen LogP contribution in [-0.2, 0) is 24.6 Å². The zero-order valence-electron chi connectivity index (χ0n) is 39.3. The lowest BCUT2D eigenvalue weighted by Gasteiger charge is -2.36. The van der Waals surface area contributed by atoms with E-state index in [9.17, 15) is 18.4 Å². The summed E-state index contributed by atoms with van der Waals surface area (Å²) < 4.78 is 57.6. The van der Waals surface area contributed by atoms with Crippen molar-refractivity contribution >= 4 is 35.3 Å². The third-order valence-corrected chi connectivity index (χ3v) is 13.6. The van der Waals surface area contributed by atoms with E-state index in [1.54, 1.807) is 13.0 Å². The maximum atomic E-state index is 14.9. The van der Waals surface area contributed by atoms with Gasteiger partial charge in [0.2, 0.25) is 0 Å². The molecule has 0 radical (unpaired) electrons. The molecular weight excluding hydrogens is 944 g/mol. The van der Waals surface area contributed by atoms with E-state index in [-0.39, 0.29) is 65.9 Å². The number of nitrogens with one attached hydrogen (secondary N) is 1. The van der Waals surface area contributed by atoms with Gasteiger partial charge < -0.3 is 29.0 Å². The SMILES string of the molecule is C=C/C(Cl)=C(C[C@H](OC(=O)[C@@H](CCCOC(c1ccccc1)(c1ccccc1)c1ccccc1)NC(=O)OCC1c2ccccc2-c2ccccc21)c1ccc(OC(F)F)c(OCC2CC2)c1)\C(Cl)=C/C. The maximum Gasteiger partial charge on any atom is 0.407 e. The van der Waals surface area contributed by atoms with Crippen LogP contribution in [0.25, 0.3) is 11.1 Å². The third-order valence-electron chi connectivity index (χ3n) is 12.8. The normalized spacial score (nSPS) is 14.6. The zero-order chi connectivity index (χ0) is 49.7. The van der Waals surface area contributed by atoms with Gasteiger partial charge in [-0.2, -0.15) is 8.78 Å². The number of hydrogen-bond donors (Lipinski definition) is 1. The molecule has 6 aromatic carbocycles. The number of fused-ring (bicyclic) bond motifs is 3. The van der Waals surface area contributed by atoms with Crippen molar-refractivity contribution < 1.29 is 42.1 Å². The fraction of sp³-hybridized carbons (Fsp3) is 0.254. The summed E-state index contributed by atoms with van der Waals surface area (Å²) in [5, 5.41) is 3.32. The Morgan fingerprint density at radius 2 is 1.32 bits per heavy atom. The van der Waals surface area contributed by atoms with Crippen LogP contribution in [0.3, 0.4) is 0 Å². The number of alkyl halides is 2. The summed E-state index contributed by atoms with van der Waals surface area (Å²) in [6.45, 7) is 2.89. The molecule has 0 saturated heterocycles. The van der Waals surface area contributed by atoms with E-state index >= 15 is 0 Å². The van der Waals surface area contributed by atoms with E-state index in [0.29, 0.717) is 17.7 Å². The highest BCUT2D eigenvalue weighted by atomic mass is 35.5. The van der Waals surface area contributed by atoms with Crippen molar-refractivity contribution in [2.45, 2.75) is 69.3 Å². The van der Waals surface area contributed by atoms with Gasteiger partial charge in [-0.05, 0) is 101 Å². The van der Waals surface area contributed by atoms with E-state index in [0.717, 1.165) is 51.8 Å². The molecule has 0 heterocycles. The lowest BCUT2D eigenvalue weighted by atomic mass is 9.80. The van der Waals surface area contributed by atoms with E-state index < -0.39 is 36.4 Å². The second-order valence-electron chi connectivity index (χ2n) is 17.4. The van der Waals surface area contributed by atoms with Crippen LogP contribution < -0.4 is 14.8 Å². The van der Waals surface area contributed by atoms with E-state index in [2.05, 4.69) is 24.0 Å². The van der Waals surface area contributed by atoms with Crippen LogP contribution >= 0.6 is 23.2 Å². The highest BCUT2D eigenvalue weighted by Crippen LogP contribution is 2.45. The number of carbonyl (C=O) groups excluding carboxylic acids is 2. The van der Waals surface area contributed by atoms with Crippen molar-refractivity contribution in [1.29, 1.82) is 0 Å². The first-order valence-corrected chi connectivity index (χ1v) is 24.5. The first kappa shape index (κ1) is 50.7.